The summed E-state index contributed by atoms with van der Waals surface area (Å²) in [5.41, 5.74) is 0. The molecule has 1 aliphatic heterocycles. The van der Waals surface area contributed by atoms with Crippen LogP contribution in [0.5, 0.6) is 5.75 Å². The second kappa shape index (κ2) is 5.05. The second-order valence-corrected chi connectivity index (χ2v) is 5.24. The summed E-state index contributed by atoms with van der Waals surface area (Å²) >= 11 is 0. The summed E-state index contributed by atoms with van der Waals surface area (Å²) < 4.78 is 18.8. The van der Waals surface area contributed by atoms with E-state index in [-0.39, 0.29) is 11.9 Å². The van der Waals surface area contributed by atoms with E-state index in [1.807, 2.05) is 0 Å². The van der Waals surface area contributed by atoms with Gasteiger partial charge in [-0.05, 0) is 37.2 Å². The molecular weight excluding hydrogens is 217 g/mol. The lowest BCUT2D eigenvalue weighted by molar-refractivity contribution is 0.145. The van der Waals surface area contributed by atoms with Crippen LogP contribution in [0.15, 0.2) is 24.3 Å². The first-order valence-corrected chi connectivity index (χ1v) is 6.17. The van der Waals surface area contributed by atoms with Crippen LogP contribution in [0, 0.1) is 17.7 Å². The minimum absolute atomic E-state index is 0.213. The van der Waals surface area contributed by atoms with E-state index in [0.29, 0.717) is 11.8 Å². The molecule has 1 aromatic rings. The summed E-state index contributed by atoms with van der Waals surface area (Å²) in [6.45, 7) is 6.47. The van der Waals surface area contributed by atoms with Gasteiger partial charge in [-0.3, -0.25) is 0 Å². The van der Waals surface area contributed by atoms with Crippen LogP contribution < -0.4 is 4.74 Å². The molecule has 2 atom stereocenters. The van der Waals surface area contributed by atoms with Crippen molar-refractivity contribution in [3.05, 3.63) is 30.1 Å². The number of rotatable bonds is 3. The van der Waals surface area contributed by atoms with Crippen molar-refractivity contribution in [2.75, 3.05) is 20.1 Å². The molecule has 0 amide bonds. The molecule has 1 saturated heterocycles. The summed E-state index contributed by atoms with van der Waals surface area (Å²) in [5.74, 6) is 1.69. The predicted molar refractivity (Wildman–Crippen MR) is 66.6 cm³/mol. The molecule has 94 valence electrons. The Morgan fingerprint density at radius 1 is 1.24 bits per heavy atom. The molecule has 2 rings (SSSR count). The molecule has 1 heterocycles. The van der Waals surface area contributed by atoms with Gasteiger partial charge in [0, 0.05) is 19.0 Å². The zero-order valence-electron chi connectivity index (χ0n) is 10.7. The van der Waals surface area contributed by atoms with Crippen LogP contribution in [-0.4, -0.2) is 31.1 Å². The molecular formula is C14H20FNO. The average molecular weight is 237 g/mol. The second-order valence-electron chi connectivity index (χ2n) is 5.24. The third-order valence-corrected chi connectivity index (χ3v) is 3.45. The number of hydrogen-bond acceptors (Lipinski definition) is 2. The first kappa shape index (κ1) is 12.4. The molecule has 3 heteroatoms. The van der Waals surface area contributed by atoms with Crippen molar-refractivity contribution in [3.63, 3.8) is 0 Å². The topological polar surface area (TPSA) is 12.5 Å². The Kier molecular flexibility index (Phi) is 3.67. The van der Waals surface area contributed by atoms with Crippen molar-refractivity contribution in [2.45, 2.75) is 20.0 Å². The van der Waals surface area contributed by atoms with Gasteiger partial charge in [0.05, 0.1) is 0 Å². The van der Waals surface area contributed by atoms with Crippen molar-refractivity contribution < 1.29 is 9.13 Å². The van der Waals surface area contributed by atoms with E-state index in [9.17, 15) is 4.39 Å². The maximum Gasteiger partial charge on any atom is 0.123 e. The molecule has 1 aromatic carbocycles. The lowest BCUT2D eigenvalue weighted by atomic mass is 9.93. The number of halogens is 1. The van der Waals surface area contributed by atoms with Crippen LogP contribution in [0.3, 0.4) is 0 Å². The van der Waals surface area contributed by atoms with Gasteiger partial charge in [0.15, 0.2) is 0 Å². The predicted octanol–water partition coefficient (Wildman–Crippen LogP) is 2.79. The van der Waals surface area contributed by atoms with Crippen LogP contribution in [-0.2, 0) is 0 Å². The first-order valence-electron chi connectivity index (χ1n) is 6.17. The zero-order valence-corrected chi connectivity index (χ0v) is 10.7. The van der Waals surface area contributed by atoms with Crippen LogP contribution in [0.25, 0.3) is 0 Å². The highest BCUT2D eigenvalue weighted by atomic mass is 19.1. The maximum atomic E-state index is 12.8. The largest absolute Gasteiger partial charge is 0.489 e. The Labute approximate surface area is 102 Å². The summed E-state index contributed by atoms with van der Waals surface area (Å²) in [6.07, 6.45) is 0.213. The molecule has 0 bridgehead atoms. The SMILES string of the molecule is CC(C)C1CN(C)CC1Oc1ccc(F)cc1. The summed E-state index contributed by atoms with van der Waals surface area (Å²) in [6, 6.07) is 6.28. The highest BCUT2D eigenvalue weighted by molar-refractivity contribution is 5.22. The van der Waals surface area contributed by atoms with E-state index < -0.39 is 0 Å². The molecule has 0 aliphatic carbocycles. The highest BCUT2D eigenvalue weighted by Crippen LogP contribution is 2.27. The molecule has 0 saturated carbocycles. The standard InChI is InChI=1S/C14H20FNO/c1-10(2)13-8-16(3)9-14(13)17-12-6-4-11(15)5-7-12/h4-7,10,13-14H,8-9H2,1-3H3. The van der Waals surface area contributed by atoms with E-state index in [1.165, 1.54) is 12.1 Å². The monoisotopic (exact) mass is 237 g/mol. The number of nitrogens with zero attached hydrogens (tertiary/aromatic N) is 1. The van der Waals surface area contributed by atoms with Gasteiger partial charge < -0.3 is 9.64 Å². The molecule has 0 N–H and O–H groups in total. The Hall–Kier alpha value is -1.09. The van der Waals surface area contributed by atoms with Crippen molar-refractivity contribution in [2.24, 2.45) is 11.8 Å². The summed E-state index contributed by atoms with van der Waals surface area (Å²) in [4.78, 5) is 2.29. The number of benzene rings is 1. The quantitative estimate of drug-likeness (QED) is 0.801. The van der Waals surface area contributed by atoms with E-state index >= 15 is 0 Å². The van der Waals surface area contributed by atoms with Crippen LogP contribution in [0.2, 0.25) is 0 Å². The fourth-order valence-electron chi connectivity index (χ4n) is 2.45. The number of likely N-dealkylation sites (N-methyl/N-ethyl adjacent to an activating group) is 1. The van der Waals surface area contributed by atoms with Crippen molar-refractivity contribution in [1.82, 2.24) is 4.90 Å². The fourth-order valence-corrected chi connectivity index (χ4v) is 2.45. The summed E-state index contributed by atoms with van der Waals surface area (Å²) in [7, 11) is 2.11. The van der Waals surface area contributed by atoms with E-state index in [2.05, 4.69) is 25.8 Å². The third-order valence-electron chi connectivity index (χ3n) is 3.45. The van der Waals surface area contributed by atoms with Gasteiger partial charge in [0.1, 0.15) is 17.7 Å². The Balaban J connectivity index is 2.04. The zero-order chi connectivity index (χ0) is 12.4. The van der Waals surface area contributed by atoms with Gasteiger partial charge in [-0.2, -0.15) is 0 Å². The lowest BCUT2D eigenvalue weighted by Crippen LogP contribution is -2.29. The van der Waals surface area contributed by atoms with Crippen LogP contribution in [0.4, 0.5) is 4.39 Å². The number of likely N-dealkylation sites (tertiary alicyclic amines) is 1. The van der Waals surface area contributed by atoms with Gasteiger partial charge >= 0.3 is 0 Å². The Morgan fingerprint density at radius 2 is 1.88 bits per heavy atom. The average Bonchev–Trinajstić information content (AvgIpc) is 2.63. The van der Waals surface area contributed by atoms with E-state index in [0.717, 1.165) is 18.8 Å². The molecule has 0 radical (unpaired) electrons. The van der Waals surface area contributed by atoms with Gasteiger partial charge in [-0.15, -0.1) is 0 Å². The summed E-state index contributed by atoms with van der Waals surface area (Å²) in [5, 5.41) is 0. The fraction of sp³-hybridized carbons (Fsp3) is 0.571. The molecule has 2 unspecified atom stereocenters. The van der Waals surface area contributed by atoms with Crippen molar-refractivity contribution >= 4 is 0 Å². The molecule has 0 spiro atoms. The van der Waals surface area contributed by atoms with Crippen LogP contribution >= 0.6 is 0 Å². The van der Waals surface area contributed by atoms with Gasteiger partial charge in [0.2, 0.25) is 0 Å². The van der Waals surface area contributed by atoms with Gasteiger partial charge in [-0.25, -0.2) is 4.39 Å². The maximum absolute atomic E-state index is 12.8. The normalized spacial score (nSPS) is 25.5. The number of hydrogen-bond donors (Lipinski definition) is 0. The molecule has 0 aromatic heterocycles. The Morgan fingerprint density at radius 3 is 2.47 bits per heavy atom. The smallest absolute Gasteiger partial charge is 0.123 e. The van der Waals surface area contributed by atoms with Gasteiger partial charge in [-0.1, -0.05) is 13.8 Å². The lowest BCUT2D eigenvalue weighted by Gasteiger charge is -2.23. The first-order chi connectivity index (χ1) is 8.06. The van der Waals surface area contributed by atoms with Crippen LogP contribution in [0.1, 0.15) is 13.8 Å². The number of ether oxygens (including phenoxy) is 1. The Bertz CT molecular complexity index is 363. The molecule has 1 aliphatic rings. The highest BCUT2D eigenvalue weighted by Gasteiger charge is 2.34. The minimum Gasteiger partial charge on any atom is -0.489 e. The van der Waals surface area contributed by atoms with Crippen molar-refractivity contribution in [3.8, 4) is 5.75 Å². The molecule has 17 heavy (non-hydrogen) atoms. The van der Waals surface area contributed by atoms with Crippen molar-refractivity contribution in [1.29, 1.82) is 0 Å². The molecule has 1 fully saturated rings. The third kappa shape index (κ3) is 2.97. The minimum atomic E-state index is -0.221. The van der Waals surface area contributed by atoms with E-state index in [1.54, 1.807) is 12.1 Å². The van der Waals surface area contributed by atoms with Gasteiger partial charge in [0.25, 0.3) is 0 Å². The van der Waals surface area contributed by atoms with E-state index in [4.69, 9.17) is 4.74 Å². The molecule has 2 nitrogen and oxygen atoms in total.